The molecule has 2 N–H and O–H groups in total. The molecule has 2 aromatic heterocycles. The van der Waals surface area contributed by atoms with E-state index in [2.05, 4.69) is 5.32 Å². The summed E-state index contributed by atoms with van der Waals surface area (Å²) in [7, 11) is 0. The van der Waals surface area contributed by atoms with Crippen LogP contribution in [0.1, 0.15) is 12.2 Å². The van der Waals surface area contributed by atoms with Crippen LogP contribution in [0.15, 0.2) is 45.9 Å². The summed E-state index contributed by atoms with van der Waals surface area (Å²) in [5, 5.41) is 11.2. The molecule has 2 heterocycles. The Bertz CT molecular complexity index is 720. The number of pyridine rings is 1. The first kappa shape index (κ1) is 16.3. The van der Waals surface area contributed by atoms with Crippen molar-refractivity contribution in [3.63, 3.8) is 0 Å². The van der Waals surface area contributed by atoms with Crippen LogP contribution in [0.4, 0.5) is 0 Å². The molecule has 8 heteroatoms. The van der Waals surface area contributed by atoms with E-state index < -0.39 is 17.4 Å². The summed E-state index contributed by atoms with van der Waals surface area (Å²) in [4.78, 5) is 34.2. The fraction of sp³-hybridized carbons (Fsp3) is 0.267. The van der Waals surface area contributed by atoms with Gasteiger partial charge in [0.05, 0.1) is 19.2 Å². The normalized spacial score (nSPS) is 10.3. The molecule has 2 aromatic rings. The molecular weight excluding hydrogens is 304 g/mol. The maximum absolute atomic E-state index is 12.0. The summed E-state index contributed by atoms with van der Waals surface area (Å²) < 4.78 is 11.5. The Balaban J connectivity index is 1.87. The first-order valence-corrected chi connectivity index (χ1v) is 6.89. The first-order chi connectivity index (χ1) is 11.1. The predicted molar refractivity (Wildman–Crippen MR) is 79.0 cm³/mol. The third kappa shape index (κ3) is 5.03. The predicted octanol–water partition coefficient (Wildman–Crippen LogP) is 0.611. The molecule has 0 aromatic carbocycles. The lowest BCUT2D eigenvalue weighted by Gasteiger charge is -2.08. The molecule has 23 heavy (non-hydrogen) atoms. The Morgan fingerprint density at radius 1 is 1.30 bits per heavy atom. The number of carboxylic acid groups (broad SMARTS) is 1. The monoisotopic (exact) mass is 320 g/mol. The lowest BCUT2D eigenvalue weighted by atomic mass is 10.4. The molecule has 0 aliphatic heterocycles. The fourth-order valence-electron chi connectivity index (χ4n) is 1.81. The number of ether oxygens (including phenoxy) is 1. The van der Waals surface area contributed by atoms with E-state index in [0.29, 0.717) is 5.76 Å². The quantitative estimate of drug-likeness (QED) is 0.737. The largest absolute Gasteiger partial charge is 0.481 e. The minimum absolute atomic E-state index is 0.00830. The van der Waals surface area contributed by atoms with Gasteiger partial charge in [0.2, 0.25) is 0 Å². The standard InChI is InChI=1S/C15H16N2O6/c18-13(16-9-11-3-2-8-22-11)10-23-12-4-1-6-17(15(12)21)7-5-14(19)20/h1-4,6,8H,5,7,9-10H2,(H,16,18)(H,19,20). The van der Waals surface area contributed by atoms with Crippen molar-refractivity contribution in [2.75, 3.05) is 6.61 Å². The number of amides is 1. The van der Waals surface area contributed by atoms with Crippen molar-refractivity contribution in [2.24, 2.45) is 0 Å². The van der Waals surface area contributed by atoms with Crippen molar-refractivity contribution < 1.29 is 23.8 Å². The second kappa shape index (κ2) is 7.83. The van der Waals surface area contributed by atoms with Crippen molar-refractivity contribution in [1.29, 1.82) is 0 Å². The number of aryl methyl sites for hydroxylation is 1. The maximum Gasteiger partial charge on any atom is 0.305 e. The Labute approximate surface area is 131 Å². The van der Waals surface area contributed by atoms with Gasteiger partial charge in [-0.05, 0) is 24.3 Å². The molecule has 0 spiro atoms. The van der Waals surface area contributed by atoms with Crippen LogP contribution < -0.4 is 15.6 Å². The molecule has 0 atom stereocenters. The number of aromatic nitrogens is 1. The second-order valence-electron chi connectivity index (χ2n) is 4.66. The van der Waals surface area contributed by atoms with Crippen molar-refractivity contribution in [3.8, 4) is 5.75 Å². The van der Waals surface area contributed by atoms with E-state index in [9.17, 15) is 14.4 Å². The van der Waals surface area contributed by atoms with Gasteiger partial charge in [-0.2, -0.15) is 0 Å². The Morgan fingerprint density at radius 3 is 2.83 bits per heavy atom. The average Bonchev–Trinajstić information content (AvgIpc) is 3.04. The average molecular weight is 320 g/mol. The molecule has 0 bridgehead atoms. The number of hydrogen-bond acceptors (Lipinski definition) is 5. The number of aliphatic carboxylic acids is 1. The Kier molecular flexibility index (Phi) is 5.56. The van der Waals surface area contributed by atoms with Crippen LogP contribution >= 0.6 is 0 Å². The lowest BCUT2D eigenvalue weighted by Crippen LogP contribution is -2.30. The third-order valence-corrected chi connectivity index (χ3v) is 2.95. The molecule has 0 saturated heterocycles. The topological polar surface area (TPSA) is 111 Å². The van der Waals surface area contributed by atoms with Crippen LogP contribution in [0.2, 0.25) is 0 Å². The molecule has 0 aliphatic rings. The van der Waals surface area contributed by atoms with Crippen LogP contribution in [-0.2, 0) is 22.7 Å². The molecule has 0 radical (unpaired) electrons. The highest BCUT2D eigenvalue weighted by molar-refractivity contribution is 5.77. The second-order valence-corrected chi connectivity index (χ2v) is 4.66. The van der Waals surface area contributed by atoms with E-state index in [0.717, 1.165) is 0 Å². The van der Waals surface area contributed by atoms with Crippen LogP contribution in [0.3, 0.4) is 0 Å². The highest BCUT2D eigenvalue weighted by Gasteiger charge is 2.09. The van der Waals surface area contributed by atoms with Gasteiger partial charge in [0.1, 0.15) is 5.76 Å². The fourth-order valence-corrected chi connectivity index (χ4v) is 1.81. The zero-order valence-electron chi connectivity index (χ0n) is 12.2. The Hall–Kier alpha value is -3.03. The minimum Gasteiger partial charge on any atom is -0.481 e. The smallest absolute Gasteiger partial charge is 0.305 e. The van der Waals surface area contributed by atoms with Crippen molar-refractivity contribution >= 4 is 11.9 Å². The summed E-state index contributed by atoms with van der Waals surface area (Å²) in [6, 6.07) is 6.42. The highest BCUT2D eigenvalue weighted by Crippen LogP contribution is 2.03. The molecule has 0 saturated carbocycles. The van der Waals surface area contributed by atoms with Crippen LogP contribution in [0.25, 0.3) is 0 Å². The van der Waals surface area contributed by atoms with Gasteiger partial charge >= 0.3 is 5.97 Å². The number of furan rings is 1. The molecular formula is C15H16N2O6. The number of carbonyl (C=O) groups is 2. The molecule has 122 valence electrons. The number of hydrogen-bond donors (Lipinski definition) is 2. The molecule has 8 nitrogen and oxygen atoms in total. The van der Waals surface area contributed by atoms with Crippen molar-refractivity contribution in [2.45, 2.75) is 19.5 Å². The van der Waals surface area contributed by atoms with Gasteiger partial charge in [-0.15, -0.1) is 0 Å². The van der Waals surface area contributed by atoms with Gasteiger partial charge in [-0.3, -0.25) is 14.4 Å². The van der Waals surface area contributed by atoms with Gasteiger partial charge in [0.15, 0.2) is 12.4 Å². The van der Waals surface area contributed by atoms with E-state index in [1.54, 1.807) is 18.2 Å². The minimum atomic E-state index is -1.000. The van der Waals surface area contributed by atoms with Crippen LogP contribution in [-0.4, -0.2) is 28.2 Å². The number of carboxylic acids is 1. The van der Waals surface area contributed by atoms with Gasteiger partial charge < -0.3 is 24.1 Å². The molecule has 2 rings (SSSR count). The SMILES string of the molecule is O=C(O)CCn1cccc(OCC(=O)NCc2ccco2)c1=O. The zero-order chi connectivity index (χ0) is 16.7. The van der Waals surface area contributed by atoms with Crippen molar-refractivity contribution in [1.82, 2.24) is 9.88 Å². The summed E-state index contributed by atoms with van der Waals surface area (Å²) in [6.07, 6.45) is 2.80. The third-order valence-electron chi connectivity index (χ3n) is 2.95. The summed E-state index contributed by atoms with van der Waals surface area (Å²) >= 11 is 0. The Morgan fingerprint density at radius 2 is 2.13 bits per heavy atom. The van der Waals surface area contributed by atoms with E-state index in [4.69, 9.17) is 14.3 Å². The van der Waals surface area contributed by atoms with E-state index >= 15 is 0 Å². The van der Waals surface area contributed by atoms with Crippen LogP contribution in [0.5, 0.6) is 5.75 Å². The molecule has 0 unspecified atom stereocenters. The van der Waals surface area contributed by atoms with Crippen molar-refractivity contribution in [3.05, 3.63) is 52.8 Å². The summed E-state index contributed by atoms with van der Waals surface area (Å²) in [6.45, 7) is -0.0538. The van der Waals surface area contributed by atoms with Gasteiger partial charge in [0.25, 0.3) is 11.5 Å². The number of carbonyl (C=O) groups excluding carboxylic acids is 1. The molecule has 0 aliphatic carbocycles. The number of nitrogens with one attached hydrogen (secondary N) is 1. The molecule has 0 fully saturated rings. The highest BCUT2D eigenvalue weighted by atomic mass is 16.5. The van der Waals surface area contributed by atoms with Crippen LogP contribution in [0, 0.1) is 0 Å². The zero-order valence-corrected chi connectivity index (χ0v) is 12.2. The summed E-state index contributed by atoms with van der Waals surface area (Å²) in [5.74, 6) is -0.803. The van der Waals surface area contributed by atoms with Gasteiger partial charge in [0, 0.05) is 12.7 Å². The number of nitrogens with zero attached hydrogens (tertiary/aromatic N) is 1. The molecule has 1 amide bonds. The number of rotatable bonds is 8. The van der Waals surface area contributed by atoms with E-state index in [1.807, 2.05) is 0 Å². The first-order valence-electron chi connectivity index (χ1n) is 6.89. The summed E-state index contributed by atoms with van der Waals surface area (Å²) in [5.41, 5.74) is -0.479. The van der Waals surface area contributed by atoms with E-state index in [-0.39, 0.29) is 31.9 Å². The van der Waals surface area contributed by atoms with Gasteiger partial charge in [-0.1, -0.05) is 0 Å². The van der Waals surface area contributed by atoms with Gasteiger partial charge in [-0.25, -0.2) is 0 Å². The lowest BCUT2D eigenvalue weighted by molar-refractivity contribution is -0.137. The van der Waals surface area contributed by atoms with E-state index in [1.165, 1.54) is 23.1 Å². The maximum atomic E-state index is 12.0.